The molecule has 15 heavy (non-hydrogen) atoms. The molecular formula is C9H12N2O3S. The van der Waals surface area contributed by atoms with Crippen LogP contribution in [0.5, 0.6) is 0 Å². The van der Waals surface area contributed by atoms with Gasteiger partial charge >= 0.3 is 0 Å². The first kappa shape index (κ1) is 7.84. The third-order valence-corrected chi connectivity index (χ3v) is 2.93. The van der Waals surface area contributed by atoms with Crippen LogP contribution in [0.25, 0.3) is 0 Å². The minimum Gasteiger partial charge on any atom is -0.386 e. The van der Waals surface area contributed by atoms with Crippen LogP contribution in [0.1, 0.15) is 5.56 Å². The van der Waals surface area contributed by atoms with Gasteiger partial charge in [0.05, 0.1) is 4.90 Å². The molecule has 0 amide bonds. The van der Waals surface area contributed by atoms with Crippen LogP contribution in [0.2, 0.25) is 4.24 Å². The summed E-state index contributed by atoms with van der Waals surface area (Å²) in [6, 6.07) is 6.02. The zero-order chi connectivity index (χ0) is 13.8. The van der Waals surface area contributed by atoms with Gasteiger partial charge in [0.25, 0.3) is 10.1 Å². The van der Waals surface area contributed by atoms with Crippen LogP contribution in [0.3, 0.4) is 0 Å². The molecule has 1 aromatic carbocycles. The molecule has 0 spiro atoms. The molecule has 0 aliphatic rings. The Morgan fingerprint density at radius 2 is 2.27 bits per heavy atom. The van der Waals surface area contributed by atoms with Crippen LogP contribution in [-0.4, -0.2) is 20.9 Å². The third-order valence-electron chi connectivity index (χ3n) is 1.65. The lowest BCUT2D eigenvalue weighted by Gasteiger charge is -2.04. The van der Waals surface area contributed by atoms with Crippen molar-refractivity contribution in [1.82, 2.24) is 0 Å². The first-order valence-electron chi connectivity index (χ1n) is 5.46. The van der Waals surface area contributed by atoms with Gasteiger partial charge < -0.3 is 5.72 Å². The van der Waals surface area contributed by atoms with Crippen molar-refractivity contribution in [3.8, 4) is 0 Å². The second kappa shape index (κ2) is 4.41. The molecular weight excluding hydrogens is 216 g/mol. The lowest BCUT2D eigenvalue weighted by atomic mass is 10.2. The van der Waals surface area contributed by atoms with E-state index in [0.717, 1.165) is 5.56 Å². The highest BCUT2D eigenvalue weighted by atomic mass is 32.2. The number of rotatable bonds is 4. The summed E-state index contributed by atoms with van der Waals surface area (Å²) in [7, 11) is -3.97. The number of amidine groups is 1. The van der Waals surface area contributed by atoms with Gasteiger partial charge in [-0.25, -0.2) is 0 Å². The maximum atomic E-state index is 11.7. The van der Waals surface area contributed by atoms with Crippen molar-refractivity contribution in [3.05, 3.63) is 29.8 Å². The number of aryl methyl sites for hydroxylation is 1. The molecule has 1 rings (SSSR count). The summed E-state index contributed by atoms with van der Waals surface area (Å²) < 4.78 is 48.4. The normalized spacial score (nSPS) is 15.3. The Morgan fingerprint density at radius 1 is 1.60 bits per heavy atom. The molecule has 0 radical (unpaired) electrons. The fourth-order valence-corrected chi connectivity index (χ4v) is 1.77. The van der Waals surface area contributed by atoms with Crippen molar-refractivity contribution in [2.24, 2.45) is 5.72 Å². The Balaban J connectivity index is 2.80. The largest absolute Gasteiger partial charge is 0.386 e. The predicted molar refractivity (Wildman–Crippen MR) is 56.2 cm³/mol. The lowest BCUT2D eigenvalue weighted by molar-refractivity contribution is 0.366. The Morgan fingerprint density at radius 3 is 2.80 bits per heavy atom. The molecule has 0 heterocycles. The quantitative estimate of drug-likeness (QED) is 0.451. The predicted octanol–water partition coefficient (Wildman–Crippen LogP) is 0.636. The highest BCUT2D eigenvalue weighted by Crippen LogP contribution is 2.12. The van der Waals surface area contributed by atoms with Crippen molar-refractivity contribution in [1.29, 1.82) is 5.40 Å². The van der Waals surface area contributed by atoms with E-state index in [1.165, 1.54) is 12.1 Å². The number of hydrogen-bond donors (Lipinski definition) is 2. The first-order valence-corrected chi connectivity index (χ1v) is 5.52. The van der Waals surface area contributed by atoms with Crippen LogP contribution in [-0.2, 0) is 14.3 Å². The second-order valence-electron chi connectivity index (χ2n) is 2.95. The van der Waals surface area contributed by atoms with E-state index < -0.39 is 22.6 Å². The van der Waals surface area contributed by atoms with E-state index in [4.69, 9.17) is 4.24 Å². The molecule has 0 saturated heterocycles. The van der Waals surface area contributed by atoms with Crippen molar-refractivity contribution in [2.45, 2.75) is 11.8 Å². The van der Waals surface area contributed by atoms with Crippen molar-refractivity contribution >= 4 is 16.0 Å². The Labute approximate surface area is 92.9 Å². The number of hydrogen-bond acceptors (Lipinski definition) is 4. The molecule has 6 heteroatoms. The summed E-state index contributed by atoms with van der Waals surface area (Å²) >= 11 is 0. The summed E-state index contributed by atoms with van der Waals surface area (Å²) in [6.45, 7) is 1.19. The van der Waals surface area contributed by atoms with Crippen molar-refractivity contribution in [2.75, 3.05) is 6.61 Å². The van der Waals surface area contributed by atoms with E-state index in [-0.39, 0.29) is 10.6 Å². The topological polar surface area (TPSA) is 93.2 Å². The van der Waals surface area contributed by atoms with E-state index >= 15 is 0 Å². The van der Waals surface area contributed by atoms with Gasteiger partial charge in [-0.15, -0.1) is 0 Å². The second-order valence-corrected chi connectivity index (χ2v) is 4.56. The van der Waals surface area contributed by atoms with Crippen LogP contribution >= 0.6 is 0 Å². The van der Waals surface area contributed by atoms with E-state index in [2.05, 4.69) is 9.59 Å². The molecule has 3 N–H and O–H groups in total. The van der Waals surface area contributed by atoms with Gasteiger partial charge in [-0.3, -0.25) is 9.59 Å². The van der Waals surface area contributed by atoms with Crippen molar-refractivity contribution < 1.29 is 16.8 Å². The van der Waals surface area contributed by atoms with Gasteiger partial charge in [0, 0.05) is 0 Å². The summed E-state index contributed by atoms with van der Waals surface area (Å²) in [5.74, 6) is -0.439. The van der Waals surface area contributed by atoms with Gasteiger partial charge in [0.2, 0.25) is 0 Å². The maximum absolute atomic E-state index is 11.7. The average Bonchev–Trinajstić information content (AvgIpc) is 2.29. The van der Waals surface area contributed by atoms with Crippen LogP contribution < -0.4 is 5.72 Å². The molecule has 1 aromatic rings. The van der Waals surface area contributed by atoms with Gasteiger partial charge in [0.1, 0.15) is 12.4 Å². The fourth-order valence-electron chi connectivity index (χ4n) is 0.903. The number of nitrogens with two attached hydrogens (primary N) is 1. The van der Waals surface area contributed by atoms with E-state index in [1.807, 2.05) is 6.92 Å². The standard InChI is InChI=1S/C9H12N2O3S/c1-7-2-4-8(5-3-7)15(12,13)14-6-9(10)11/h2-5H,6H2,1H3,(H3,10,11)/i/hD3. The van der Waals surface area contributed by atoms with Gasteiger partial charge in [0.15, 0.2) is 4.24 Å². The minimum absolute atomic E-state index is 0.0255. The van der Waals surface area contributed by atoms with Crippen LogP contribution in [0, 0.1) is 12.3 Å². The summed E-state index contributed by atoms with van der Waals surface area (Å²) in [5, 5.41) is 2.83. The monoisotopic (exact) mass is 231 g/mol. The lowest BCUT2D eigenvalue weighted by Crippen LogP contribution is -2.20. The summed E-state index contributed by atoms with van der Waals surface area (Å²) in [4.78, 5) is -0.0288. The van der Waals surface area contributed by atoms with Gasteiger partial charge in [-0.05, 0) is 19.1 Å². The molecule has 5 nitrogen and oxygen atoms in total. The number of nitrogens with one attached hydrogen (secondary N) is 1. The summed E-state index contributed by atoms with van der Waals surface area (Å²) in [5.41, 5.74) is 0.934. The molecule has 0 atom stereocenters. The molecule has 82 valence electrons. The Kier molecular flexibility index (Phi) is 2.31. The average molecular weight is 231 g/mol. The van der Waals surface area contributed by atoms with E-state index in [1.54, 1.807) is 12.1 Å². The molecule has 0 bridgehead atoms. The molecule has 0 aliphatic heterocycles. The smallest absolute Gasteiger partial charge is 0.297 e. The fraction of sp³-hybridized carbons (Fsp3) is 0.222. The van der Waals surface area contributed by atoms with Gasteiger partial charge in [-0.2, -0.15) is 8.42 Å². The third kappa shape index (κ3) is 3.34. The highest BCUT2D eigenvalue weighted by Gasteiger charge is 2.14. The Bertz CT molecular complexity index is 528. The molecule has 0 unspecified atom stereocenters. The number of benzene rings is 1. The van der Waals surface area contributed by atoms with Crippen LogP contribution in [0.4, 0.5) is 0 Å². The molecule has 0 fully saturated rings. The zero-order valence-corrected chi connectivity index (χ0v) is 8.86. The highest BCUT2D eigenvalue weighted by molar-refractivity contribution is 7.86. The molecule has 0 aromatic heterocycles. The Hall–Kier alpha value is -1.40. The SMILES string of the molecule is [2H]N=C(COS(=O)(=O)c1ccc(C)cc1)N([2H])[2H]. The maximum Gasteiger partial charge on any atom is 0.297 e. The minimum atomic E-state index is -3.97. The van der Waals surface area contributed by atoms with Crippen molar-refractivity contribution in [3.63, 3.8) is 0 Å². The first-order chi connectivity index (χ1) is 8.36. The molecule has 0 aliphatic carbocycles. The zero-order valence-electron chi connectivity index (χ0n) is 11.0. The summed E-state index contributed by atoms with van der Waals surface area (Å²) in [6.07, 6.45) is 0. The van der Waals surface area contributed by atoms with E-state index in [0.29, 0.717) is 0 Å². The molecule has 0 saturated carbocycles. The van der Waals surface area contributed by atoms with Crippen LogP contribution in [0.15, 0.2) is 29.2 Å². The van der Waals surface area contributed by atoms with Gasteiger partial charge in [-0.1, -0.05) is 17.7 Å². The van der Waals surface area contributed by atoms with E-state index in [9.17, 15) is 8.42 Å².